The molecule has 2 aliphatic rings. The van der Waals surface area contributed by atoms with E-state index in [1.807, 2.05) is 0 Å². The molecule has 0 spiro atoms. The van der Waals surface area contributed by atoms with E-state index in [0.717, 1.165) is 20.1 Å². The van der Waals surface area contributed by atoms with Crippen LogP contribution >= 0.6 is 24.0 Å². The third kappa shape index (κ3) is 5.96. The van der Waals surface area contributed by atoms with Crippen molar-refractivity contribution in [1.29, 1.82) is 0 Å². The Morgan fingerprint density at radius 3 is 2.25 bits per heavy atom. The molecule has 1 N–H and O–H groups in total. The smallest absolute Gasteiger partial charge is 0.347 e. The maximum absolute atomic E-state index is 12.3. The van der Waals surface area contributed by atoms with Crippen LogP contribution in [-0.4, -0.2) is 68.1 Å². The minimum absolute atomic E-state index is 0. The summed E-state index contributed by atoms with van der Waals surface area (Å²) in [7, 11) is 2.79. The zero-order valence-electron chi connectivity index (χ0n) is 14.1. The predicted octanol–water partition coefficient (Wildman–Crippen LogP) is 2.32. The van der Waals surface area contributed by atoms with Gasteiger partial charge >= 0.3 is 6.18 Å². The molecule has 5 nitrogen and oxygen atoms in total. The van der Waals surface area contributed by atoms with E-state index >= 15 is 0 Å². The highest BCUT2D eigenvalue weighted by Crippen LogP contribution is 2.35. The van der Waals surface area contributed by atoms with Crippen LogP contribution < -0.4 is 5.32 Å². The molecule has 1 saturated carbocycles. The van der Waals surface area contributed by atoms with Crippen LogP contribution in [0.3, 0.4) is 0 Å². The Balaban J connectivity index is 0.00000288. The number of amides is 1. The standard InChI is InChI=1S/C15H25F3N4O.HI/c1-19-14(20-7-13(23)21(2)10-15(16,17)18)22-8-11-5-3-4-6-12(11)9-22;/h11-12H,3-10H2,1-2H3,(H,19,20);1H. The average Bonchev–Trinajstić information content (AvgIpc) is 2.89. The molecule has 1 saturated heterocycles. The first kappa shape index (κ1) is 21.3. The number of likely N-dealkylation sites (tertiary alicyclic amines) is 1. The minimum Gasteiger partial charge on any atom is -0.347 e. The summed E-state index contributed by atoms with van der Waals surface area (Å²) >= 11 is 0. The fourth-order valence-corrected chi connectivity index (χ4v) is 3.56. The van der Waals surface area contributed by atoms with Gasteiger partial charge in [-0.2, -0.15) is 13.2 Å². The number of aliphatic imine (C=N–C) groups is 1. The molecule has 2 atom stereocenters. The number of alkyl halides is 3. The summed E-state index contributed by atoms with van der Waals surface area (Å²) in [4.78, 5) is 18.8. The maximum Gasteiger partial charge on any atom is 0.406 e. The summed E-state index contributed by atoms with van der Waals surface area (Å²) in [5.41, 5.74) is 0. The monoisotopic (exact) mass is 462 g/mol. The quantitative estimate of drug-likeness (QED) is 0.398. The number of carbonyl (C=O) groups excluding carboxylic acids is 1. The van der Waals surface area contributed by atoms with E-state index in [0.29, 0.717) is 22.7 Å². The van der Waals surface area contributed by atoms with Crippen molar-refractivity contribution in [2.24, 2.45) is 16.8 Å². The first-order valence-electron chi connectivity index (χ1n) is 8.06. The molecular formula is C15H26F3IN4O. The van der Waals surface area contributed by atoms with Gasteiger partial charge in [-0.1, -0.05) is 12.8 Å². The van der Waals surface area contributed by atoms with E-state index in [1.165, 1.54) is 25.7 Å². The van der Waals surface area contributed by atoms with E-state index in [2.05, 4.69) is 15.2 Å². The Labute approximate surface area is 158 Å². The Morgan fingerprint density at radius 1 is 1.25 bits per heavy atom. The van der Waals surface area contributed by atoms with Crippen LogP contribution in [-0.2, 0) is 4.79 Å². The molecule has 0 aromatic heterocycles. The van der Waals surface area contributed by atoms with Crippen LogP contribution in [0, 0.1) is 11.8 Å². The topological polar surface area (TPSA) is 47.9 Å². The van der Waals surface area contributed by atoms with Gasteiger partial charge in [-0.3, -0.25) is 9.79 Å². The lowest BCUT2D eigenvalue weighted by Gasteiger charge is -2.23. The molecule has 1 aliphatic carbocycles. The van der Waals surface area contributed by atoms with Crippen molar-refractivity contribution in [1.82, 2.24) is 15.1 Å². The van der Waals surface area contributed by atoms with Gasteiger partial charge in [-0.25, -0.2) is 0 Å². The van der Waals surface area contributed by atoms with Gasteiger partial charge in [0.15, 0.2) is 5.96 Å². The molecule has 140 valence electrons. The predicted molar refractivity (Wildman–Crippen MR) is 97.5 cm³/mol. The van der Waals surface area contributed by atoms with Gasteiger partial charge in [0.1, 0.15) is 6.54 Å². The van der Waals surface area contributed by atoms with Gasteiger partial charge < -0.3 is 15.1 Å². The van der Waals surface area contributed by atoms with Crippen LogP contribution in [0.15, 0.2) is 4.99 Å². The Morgan fingerprint density at radius 2 is 1.79 bits per heavy atom. The normalized spacial score (nSPS) is 24.2. The zero-order chi connectivity index (χ0) is 17.0. The highest BCUT2D eigenvalue weighted by Gasteiger charge is 2.36. The van der Waals surface area contributed by atoms with Crippen molar-refractivity contribution >= 4 is 35.8 Å². The molecule has 0 aromatic rings. The van der Waals surface area contributed by atoms with Gasteiger partial charge in [-0.15, -0.1) is 24.0 Å². The highest BCUT2D eigenvalue weighted by atomic mass is 127. The number of likely N-dealkylation sites (N-methyl/N-ethyl adjacent to an activating group) is 1. The summed E-state index contributed by atoms with van der Waals surface area (Å²) < 4.78 is 36.9. The fourth-order valence-electron chi connectivity index (χ4n) is 3.56. The largest absolute Gasteiger partial charge is 0.406 e. The first-order chi connectivity index (χ1) is 10.8. The number of halogens is 4. The van der Waals surface area contributed by atoms with Crippen molar-refractivity contribution in [3.05, 3.63) is 0 Å². The van der Waals surface area contributed by atoms with Gasteiger partial charge in [0.2, 0.25) is 5.91 Å². The number of carbonyl (C=O) groups is 1. The van der Waals surface area contributed by atoms with Gasteiger partial charge in [-0.05, 0) is 24.7 Å². The number of fused-ring (bicyclic) bond motifs is 1. The molecule has 1 aliphatic heterocycles. The number of guanidine groups is 1. The lowest BCUT2D eigenvalue weighted by Crippen LogP contribution is -2.46. The zero-order valence-corrected chi connectivity index (χ0v) is 16.4. The van der Waals surface area contributed by atoms with Crippen LogP contribution in [0.4, 0.5) is 13.2 Å². The summed E-state index contributed by atoms with van der Waals surface area (Å²) in [6.07, 6.45) is 0.608. The average molecular weight is 462 g/mol. The summed E-state index contributed by atoms with van der Waals surface area (Å²) in [5, 5.41) is 2.90. The van der Waals surface area contributed by atoms with Gasteiger partial charge in [0.05, 0.1) is 6.54 Å². The number of hydrogen-bond acceptors (Lipinski definition) is 2. The number of nitrogens with one attached hydrogen (secondary N) is 1. The van der Waals surface area contributed by atoms with Gasteiger partial charge in [0, 0.05) is 27.2 Å². The minimum atomic E-state index is -4.38. The van der Waals surface area contributed by atoms with E-state index in [9.17, 15) is 18.0 Å². The third-order valence-corrected chi connectivity index (χ3v) is 4.73. The fraction of sp³-hybridized carbons (Fsp3) is 0.867. The number of hydrogen-bond donors (Lipinski definition) is 1. The SMILES string of the molecule is CN=C(NCC(=O)N(C)CC(F)(F)F)N1CC2CCCCC2C1.I. The summed E-state index contributed by atoms with van der Waals surface area (Å²) in [5.74, 6) is 1.35. The van der Waals surface area contributed by atoms with E-state index < -0.39 is 18.6 Å². The van der Waals surface area contributed by atoms with E-state index in [4.69, 9.17) is 0 Å². The highest BCUT2D eigenvalue weighted by molar-refractivity contribution is 14.0. The Kier molecular flexibility index (Phi) is 8.07. The Bertz CT molecular complexity index is 444. The molecule has 9 heteroatoms. The van der Waals surface area contributed by atoms with Crippen LogP contribution in [0.1, 0.15) is 25.7 Å². The summed E-state index contributed by atoms with van der Waals surface area (Å²) in [6.45, 7) is 0.416. The van der Waals surface area contributed by atoms with Crippen LogP contribution in [0.25, 0.3) is 0 Å². The molecule has 0 aromatic carbocycles. The molecule has 0 bridgehead atoms. The molecule has 24 heavy (non-hydrogen) atoms. The van der Waals surface area contributed by atoms with E-state index in [-0.39, 0.29) is 30.5 Å². The number of nitrogens with zero attached hydrogens (tertiary/aromatic N) is 3. The summed E-state index contributed by atoms with van der Waals surface area (Å²) in [6, 6.07) is 0. The van der Waals surface area contributed by atoms with Crippen molar-refractivity contribution < 1.29 is 18.0 Å². The van der Waals surface area contributed by atoms with Crippen LogP contribution in [0.5, 0.6) is 0 Å². The lowest BCUT2D eigenvalue weighted by molar-refractivity contribution is -0.157. The van der Waals surface area contributed by atoms with Crippen molar-refractivity contribution in [2.45, 2.75) is 31.9 Å². The van der Waals surface area contributed by atoms with Crippen molar-refractivity contribution in [3.63, 3.8) is 0 Å². The molecule has 2 fully saturated rings. The number of rotatable bonds is 3. The molecule has 2 unspecified atom stereocenters. The Hall–Kier alpha value is -0.740. The third-order valence-electron chi connectivity index (χ3n) is 4.73. The second kappa shape index (κ2) is 9.10. The molecule has 1 heterocycles. The van der Waals surface area contributed by atoms with Crippen molar-refractivity contribution in [2.75, 3.05) is 40.3 Å². The second-order valence-corrected chi connectivity index (χ2v) is 6.48. The van der Waals surface area contributed by atoms with Crippen molar-refractivity contribution in [3.8, 4) is 0 Å². The lowest BCUT2D eigenvalue weighted by atomic mass is 9.82. The molecular weight excluding hydrogens is 436 g/mol. The molecule has 0 radical (unpaired) electrons. The van der Waals surface area contributed by atoms with Gasteiger partial charge in [0.25, 0.3) is 0 Å². The molecule has 2 rings (SSSR count). The van der Waals surface area contributed by atoms with Crippen LogP contribution in [0.2, 0.25) is 0 Å². The van der Waals surface area contributed by atoms with E-state index in [1.54, 1.807) is 7.05 Å². The molecule has 1 amide bonds. The second-order valence-electron chi connectivity index (χ2n) is 6.48. The first-order valence-corrected chi connectivity index (χ1v) is 8.06. The maximum atomic E-state index is 12.3.